The number of rotatable bonds is 2. The smallest absolute Gasteiger partial charge is 0.411 e. The molecule has 2 aliphatic rings. The quantitative estimate of drug-likeness (QED) is 0.820. The standard InChI is InChI=1S/C17H20N2O4S/c1-17(2,3)23-16(20)19-10-11-8-13(24(21,22)12-4-5-12)6-7-14(11)15(19)9-18/h6-8,12,15H,4-5,10H2,1-3H3. The molecule has 0 bridgehead atoms. The van der Waals surface area contributed by atoms with Crippen molar-refractivity contribution in [2.45, 2.75) is 61.9 Å². The molecule has 1 unspecified atom stereocenters. The van der Waals surface area contributed by atoms with Crippen LogP contribution in [0, 0.1) is 11.3 Å². The van der Waals surface area contributed by atoms with E-state index >= 15 is 0 Å². The molecule has 1 aliphatic carbocycles. The van der Waals surface area contributed by atoms with Crippen LogP contribution in [0.25, 0.3) is 0 Å². The van der Waals surface area contributed by atoms with Gasteiger partial charge in [-0.15, -0.1) is 0 Å². The molecule has 1 aromatic carbocycles. The van der Waals surface area contributed by atoms with Gasteiger partial charge in [-0.1, -0.05) is 6.07 Å². The summed E-state index contributed by atoms with van der Waals surface area (Å²) >= 11 is 0. The van der Waals surface area contributed by atoms with Gasteiger partial charge in [-0.3, -0.25) is 4.90 Å². The summed E-state index contributed by atoms with van der Waals surface area (Å²) < 4.78 is 30.1. The summed E-state index contributed by atoms with van der Waals surface area (Å²) in [6, 6.07) is 6.12. The van der Waals surface area contributed by atoms with Crippen LogP contribution in [0.4, 0.5) is 4.79 Å². The first-order chi connectivity index (χ1) is 11.1. The molecule has 1 heterocycles. The monoisotopic (exact) mass is 348 g/mol. The maximum Gasteiger partial charge on any atom is 0.411 e. The summed E-state index contributed by atoms with van der Waals surface area (Å²) in [4.78, 5) is 13.9. The zero-order valence-electron chi connectivity index (χ0n) is 13.9. The lowest BCUT2D eigenvalue weighted by molar-refractivity contribution is 0.0213. The van der Waals surface area contributed by atoms with Crippen LogP contribution in [0.15, 0.2) is 23.1 Å². The Balaban J connectivity index is 1.91. The highest BCUT2D eigenvalue weighted by Gasteiger charge is 2.40. The molecule has 1 amide bonds. The number of carbonyl (C=O) groups excluding carboxylic acids is 1. The van der Waals surface area contributed by atoms with Crippen molar-refractivity contribution in [3.8, 4) is 6.07 Å². The largest absolute Gasteiger partial charge is 0.444 e. The Labute approximate surface area is 141 Å². The molecule has 24 heavy (non-hydrogen) atoms. The van der Waals surface area contributed by atoms with Gasteiger partial charge in [0.2, 0.25) is 0 Å². The van der Waals surface area contributed by atoms with Gasteiger partial charge in [-0.25, -0.2) is 13.2 Å². The Morgan fingerprint density at radius 1 is 1.33 bits per heavy atom. The van der Waals surface area contributed by atoms with Gasteiger partial charge in [0.15, 0.2) is 9.84 Å². The minimum atomic E-state index is -3.30. The molecule has 0 saturated heterocycles. The second kappa shape index (κ2) is 5.49. The third-order valence-electron chi connectivity index (χ3n) is 4.10. The van der Waals surface area contributed by atoms with E-state index in [2.05, 4.69) is 6.07 Å². The maximum atomic E-state index is 12.4. The average molecular weight is 348 g/mol. The number of fused-ring (bicyclic) bond motifs is 1. The normalized spacial score (nSPS) is 20.4. The van der Waals surface area contributed by atoms with Gasteiger partial charge >= 0.3 is 6.09 Å². The SMILES string of the molecule is CC(C)(C)OC(=O)N1Cc2cc(S(=O)(=O)C3CC3)ccc2C1C#N. The van der Waals surface area contributed by atoms with E-state index in [4.69, 9.17) is 4.74 Å². The lowest BCUT2D eigenvalue weighted by atomic mass is 10.1. The van der Waals surface area contributed by atoms with E-state index < -0.39 is 27.6 Å². The second-order valence-electron chi connectivity index (χ2n) is 7.24. The highest BCUT2D eigenvalue weighted by Crippen LogP contribution is 2.38. The highest BCUT2D eigenvalue weighted by molar-refractivity contribution is 7.92. The number of hydrogen-bond donors (Lipinski definition) is 0. The molecule has 6 nitrogen and oxygen atoms in total. The fourth-order valence-corrected chi connectivity index (χ4v) is 4.51. The Hall–Kier alpha value is -2.07. The van der Waals surface area contributed by atoms with Gasteiger partial charge in [-0.2, -0.15) is 5.26 Å². The van der Waals surface area contributed by atoms with E-state index in [9.17, 15) is 18.5 Å². The Morgan fingerprint density at radius 2 is 2.00 bits per heavy atom. The Kier molecular flexibility index (Phi) is 3.83. The van der Waals surface area contributed by atoms with E-state index in [1.807, 2.05) is 0 Å². The number of carbonyl (C=O) groups is 1. The number of nitrogens with zero attached hydrogens (tertiary/aromatic N) is 2. The topological polar surface area (TPSA) is 87.5 Å². The molecule has 3 rings (SSSR count). The van der Waals surface area contributed by atoms with Crippen molar-refractivity contribution in [1.29, 1.82) is 5.26 Å². The number of ether oxygens (including phenoxy) is 1. The van der Waals surface area contributed by atoms with Crippen LogP contribution in [-0.2, 0) is 21.1 Å². The van der Waals surface area contributed by atoms with Crippen molar-refractivity contribution >= 4 is 15.9 Å². The van der Waals surface area contributed by atoms with Crippen LogP contribution in [0.2, 0.25) is 0 Å². The predicted octanol–water partition coefficient (Wildman–Crippen LogP) is 2.94. The molecule has 1 aromatic rings. The van der Waals surface area contributed by atoms with Crippen LogP contribution in [0.3, 0.4) is 0 Å². The minimum Gasteiger partial charge on any atom is -0.444 e. The Bertz CT molecular complexity index is 829. The third kappa shape index (κ3) is 2.98. The average Bonchev–Trinajstić information content (AvgIpc) is 3.26. The lowest BCUT2D eigenvalue weighted by Crippen LogP contribution is -2.35. The molecule has 0 radical (unpaired) electrons. The fourth-order valence-electron chi connectivity index (χ4n) is 2.81. The Morgan fingerprint density at radius 3 is 2.54 bits per heavy atom. The lowest BCUT2D eigenvalue weighted by Gasteiger charge is -2.26. The van der Waals surface area contributed by atoms with E-state index in [-0.39, 0.29) is 16.7 Å². The van der Waals surface area contributed by atoms with Crippen molar-refractivity contribution in [3.05, 3.63) is 29.3 Å². The summed E-state index contributed by atoms with van der Waals surface area (Å²) in [6.45, 7) is 5.46. The zero-order valence-corrected chi connectivity index (χ0v) is 14.8. The van der Waals surface area contributed by atoms with E-state index in [1.165, 1.54) is 11.0 Å². The molecule has 0 N–H and O–H groups in total. The molecule has 1 atom stereocenters. The molecule has 0 aromatic heterocycles. The molecule has 0 spiro atoms. The molecular formula is C17H20N2O4S. The first kappa shape index (κ1) is 16.8. The molecular weight excluding hydrogens is 328 g/mol. The van der Waals surface area contributed by atoms with E-state index in [0.717, 1.165) is 0 Å². The van der Waals surface area contributed by atoms with Crippen LogP contribution in [0.1, 0.15) is 50.8 Å². The summed E-state index contributed by atoms with van der Waals surface area (Å²) in [5, 5.41) is 9.15. The van der Waals surface area contributed by atoms with Crippen LogP contribution >= 0.6 is 0 Å². The van der Waals surface area contributed by atoms with Gasteiger partial charge < -0.3 is 4.74 Å². The highest BCUT2D eigenvalue weighted by atomic mass is 32.2. The van der Waals surface area contributed by atoms with Crippen molar-refractivity contribution < 1.29 is 17.9 Å². The fraction of sp³-hybridized carbons (Fsp3) is 0.529. The number of nitriles is 1. The molecule has 1 saturated carbocycles. The summed E-state index contributed by atoms with van der Waals surface area (Å²) in [5.41, 5.74) is 0.694. The molecule has 128 valence electrons. The molecule has 1 fully saturated rings. The van der Waals surface area contributed by atoms with Crippen molar-refractivity contribution in [2.75, 3.05) is 0 Å². The summed E-state index contributed by atoms with van der Waals surface area (Å²) in [6.07, 6.45) is 0.825. The van der Waals surface area contributed by atoms with Crippen molar-refractivity contribution in [1.82, 2.24) is 4.90 Å². The predicted molar refractivity (Wildman–Crippen MR) is 86.8 cm³/mol. The third-order valence-corrected chi connectivity index (χ3v) is 6.36. The van der Waals surface area contributed by atoms with Crippen LogP contribution in [0.5, 0.6) is 0 Å². The molecule has 1 aliphatic heterocycles. The number of hydrogen-bond acceptors (Lipinski definition) is 5. The number of sulfone groups is 1. The second-order valence-corrected chi connectivity index (χ2v) is 9.47. The summed E-state index contributed by atoms with van der Waals surface area (Å²) in [5.74, 6) is 0. The van der Waals surface area contributed by atoms with E-state index in [1.54, 1.807) is 32.9 Å². The van der Waals surface area contributed by atoms with Crippen molar-refractivity contribution in [2.24, 2.45) is 0 Å². The van der Waals surface area contributed by atoms with Crippen LogP contribution < -0.4 is 0 Å². The van der Waals surface area contributed by atoms with Crippen molar-refractivity contribution in [3.63, 3.8) is 0 Å². The van der Waals surface area contributed by atoms with E-state index in [0.29, 0.717) is 24.0 Å². The first-order valence-electron chi connectivity index (χ1n) is 7.89. The number of amides is 1. The van der Waals surface area contributed by atoms with Gasteiger partial charge in [-0.05, 0) is 56.9 Å². The van der Waals surface area contributed by atoms with Gasteiger partial charge in [0.25, 0.3) is 0 Å². The van der Waals surface area contributed by atoms with Gasteiger partial charge in [0.1, 0.15) is 11.6 Å². The zero-order chi connectivity index (χ0) is 17.7. The number of benzene rings is 1. The minimum absolute atomic E-state index is 0.177. The van der Waals surface area contributed by atoms with Gasteiger partial charge in [0.05, 0.1) is 22.8 Å². The maximum absolute atomic E-state index is 12.4. The molecule has 7 heteroatoms. The van der Waals surface area contributed by atoms with Crippen LogP contribution in [-0.4, -0.2) is 30.3 Å². The summed E-state index contributed by atoms with van der Waals surface area (Å²) in [7, 11) is -3.30. The first-order valence-corrected chi connectivity index (χ1v) is 9.44. The van der Waals surface area contributed by atoms with Gasteiger partial charge in [0, 0.05) is 0 Å².